The van der Waals surface area contributed by atoms with Gasteiger partial charge in [0.05, 0.1) is 16.3 Å². The molecule has 1 aliphatic rings. The summed E-state index contributed by atoms with van der Waals surface area (Å²) in [6.07, 6.45) is 3.56. The topological polar surface area (TPSA) is 67.8 Å². The van der Waals surface area contributed by atoms with Crippen LogP contribution in [0.4, 0.5) is 5.13 Å². The number of aryl methyl sites for hydroxylation is 2. The van der Waals surface area contributed by atoms with Gasteiger partial charge < -0.3 is 5.32 Å². The molecule has 25 heavy (non-hydrogen) atoms. The predicted octanol–water partition coefficient (Wildman–Crippen LogP) is 4.58. The molecule has 1 amide bonds. The van der Waals surface area contributed by atoms with Crippen LogP contribution < -0.4 is 5.32 Å². The van der Waals surface area contributed by atoms with Crippen LogP contribution in [0.2, 0.25) is 5.02 Å². The summed E-state index contributed by atoms with van der Waals surface area (Å²) in [6.45, 7) is 1.48. The Morgan fingerprint density at radius 3 is 2.88 bits per heavy atom. The van der Waals surface area contributed by atoms with E-state index < -0.39 is 0 Å². The molecule has 0 fully saturated rings. The number of carbonyl (C=O) groups is 1. The molecule has 8 heteroatoms. The van der Waals surface area contributed by atoms with Crippen LogP contribution in [-0.4, -0.2) is 20.9 Å². The van der Waals surface area contributed by atoms with Crippen LogP contribution in [0.1, 0.15) is 18.2 Å². The van der Waals surface area contributed by atoms with E-state index in [9.17, 15) is 4.79 Å². The van der Waals surface area contributed by atoms with E-state index in [2.05, 4.69) is 37.9 Å². The van der Waals surface area contributed by atoms with Crippen molar-refractivity contribution in [1.29, 1.82) is 0 Å². The number of hydrogen-bond donors (Lipinski definition) is 1. The van der Waals surface area contributed by atoms with E-state index >= 15 is 0 Å². The van der Waals surface area contributed by atoms with Crippen molar-refractivity contribution in [3.8, 4) is 22.0 Å². The fraction of sp³-hybridized carbons (Fsp3) is 0.176. The van der Waals surface area contributed by atoms with Crippen molar-refractivity contribution in [3.63, 3.8) is 0 Å². The van der Waals surface area contributed by atoms with Crippen molar-refractivity contribution >= 4 is 56.6 Å². The maximum atomic E-state index is 11.3. The molecule has 1 aliphatic carbocycles. The Morgan fingerprint density at radius 1 is 1.28 bits per heavy atom. The number of hydrogen-bond acceptors (Lipinski definition) is 5. The first-order chi connectivity index (χ1) is 12.0. The van der Waals surface area contributed by atoms with Gasteiger partial charge in [0.1, 0.15) is 0 Å². The average Bonchev–Trinajstić information content (AvgIpc) is 2.95. The minimum Gasteiger partial charge on any atom is -0.302 e. The molecule has 0 spiro atoms. The summed E-state index contributed by atoms with van der Waals surface area (Å²) in [5, 5.41) is 4.04. The van der Waals surface area contributed by atoms with Gasteiger partial charge in [-0.1, -0.05) is 22.9 Å². The first kappa shape index (κ1) is 16.9. The second kappa shape index (κ2) is 6.62. The van der Waals surface area contributed by atoms with E-state index in [1.165, 1.54) is 18.3 Å². The van der Waals surface area contributed by atoms with Gasteiger partial charge >= 0.3 is 0 Å². The molecule has 0 unspecified atom stereocenters. The maximum Gasteiger partial charge on any atom is 0.223 e. The number of fused-ring (bicyclic) bond motifs is 3. The van der Waals surface area contributed by atoms with E-state index in [4.69, 9.17) is 16.6 Å². The molecule has 0 atom stereocenters. The fourth-order valence-electron chi connectivity index (χ4n) is 2.77. The number of nitrogens with zero attached hydrogens (tertiary/aromatic N) is 3. The lowest BCUT2D eigenvalue weighted by Gasteiger charge is -2.14. The summed E-state index contributed by atoms with van der Waals surface area (Å²) in [5.74, 6) is 0.518. The summed E-state index contributed by atoms with van der Waals surface area (Å²) in [4.78, 5) is 26.1. The smallest absolute Gasteiger partial charge is 0.223 e. The summed E-state index contributed by atoms with van der Waals surface area (Å²) >= 11 is 9.85. The van der Waals surface area contributed by atoms with Crippen molar-refractivity contribution in [2.45, 2.75) is 19.8 Å². The number of amides is 1. The quantitative estimate of drug-likeness (QED) is 0.543. The lowest BCUT2D eigenvalue weighted by Crippen LogP contribution is -2.07. The van der Waals surface area contributed by atoms with Crippen molar-refractivity contribution in [3.05, 3.63) is 44.2 Å². The van der Waals surface area contributed by atoms with Crippen LogP contribution in [0.5, 0.6) is 0 Å². The molecule has 5 nitrogen and oxygen atoms in total. The predicted molar refractivity (Wildman–Crippen MR) is 108 cm³/mol. The summed E-state index contributed by atoms with van der Waals surface area (Å²) in [6, 6.07) is 5.77. The van der Waals surface area contributed by atoms with Gasteiger partial charge in [-0.05, 0) is 59.2 Å². The van der Waals surface area contributed by atoms with Crippen LogP contribution in [0.25, 0.3) is 22.0 Å². The highest BCUT2D eigenvalue weighted by Crippen LogP contribution is 2.39. The van der Waals surface area contributed by atoms with Crippen molar-refractivity contribution in [2.24, 2.45) is 0 Å². The van der Waals surface area contributed by atoms with Crippen molar-refractivity contribution in [2.75, 3.05) is 5.32 Å². The molecule has 0 saturated heterocycles. The van der Waals surface area contributed by atoms with Crippen molar-refractivity contribution < 1.29 is 4.79 Å². The molecule has 0 bridgehead atoms. The van der Waals surface area contributed by atoms with Gasteiger partial charge in [0, 0.05) is 27.3 Å². The zero-order valence-corrected chi connectivity index (χ0v) is 16.9. The largest absolute Gasteiger partial charge is 0.302 e. The van der Waals surface area contributed by atoms with E-state index in [0.29, 0.717) is 16.0 Å². The molecule has 3 aromatic rings. The van der Waals surface area contributed by atoms with E-state index in [0.717, 1.165) is 43.8 Å². The highest BCUT2D eigenvalue weighted by molar-refractivity contribution is 14.1. The second-order valence-corrected chi connectivity index (χ2v) is 8.38. The second-order valence-electron chi connectivity index (χ2n) is 5.70. The lowest BCUT2D eigenvalue weighted by molar-refractivity contribution is -0.114. The van der Waals surface area contributed by atoms with Crippen LogP contribution in [-0.2, 0) is 17.6 Å². The average molecular weight is 483 g/mol. The SMILES string of the molecule is CC(=O)Nc1nc2c(s1)-c1nc(-c3cc(Cl)cc(I)c3)ncc1CC2. The third-order valence-electron chi connectivity index (χ3n) is 3.81. The van der Waals surface area contributed by atoms with E-state index in [-0.39, 0.29) is 5.91 Å². The number of rotatable bonds is 2. The molecular weight excluding hydrogens is 471 g/mol. The number of carbonyl (C=O) groups excluding carboxylic acids is 1. The van der Waals surface area contributed by atoms with Crippen molar-refractivity contribution in [1.82, 2.24) is 15.0 Å². The number of benzene rings is 1. The van der Waals surface area contributed by atoms with E-state index in [1.54, 1.807) is 0 Å². The summed E-state index contributed by atoms with van der Waals surface area (Å²) < 4.78 is 1.04. The third-order valence-corrected chi connectivity index (χ3v) is 5.67. The Hall–Kier alpha value is -1.58. The highest BCUT2D eigenvalue weighted by atomic mass is 127. The summed E-state index contributed by atoms with van der Waals surface area (Å²) in [5.41, 5.74) is 3.87. The Bertz CT molecular complexity index is 984. The standard InChI is InChI=1S/C17H12ClIN4OS/c1-8(24)21-17-22-13-3-2-9-7-20-16(23-14(9)15(13)25-17)10-4-11(18)6-12(19)5-10/h4-7H,2-3H2,1H3,(H,21,22,24). The highest BCUT2D eigenvalue weighted by Gasteiger charge is 2.23. The zero-order chi connectivity index (χ0) is 17.6. The molecule has 0 aliphatic heterocycles. The van der Waals surface area contributed by atoms with Crippen LogP contribution in [0.3, 0.4) is 0 Å². The molecule has 1 N–H and O–H groups in total. The van der Waals surface area contributed by atoms with Gasteiger partial charge in [0.2, 0.25) is 5.91 Å². The molecular formula is C17H12ClIN4OS. The Kier molecular flexibility index (Phi) is 4.47. The third kappa shape index (κ3) is 3.40. The zero-order valence-electron chi connectivity index (χ0n) is 13.1. The first-order valence-corrected chi connectivity index (χ1v) is 9.87. The van der Waals surface area contributed by atoms with Crippen LogP contribution in [0, 0.1) is 3.57 Å². The van der Waals surface area contributed by atoms with Gasteiger partial charge in [-0.15, -0.1) is 0 Å². The molecule has 2 aromatic heterocycles. The van der Waals surface area contributed by atoms with E-state index in [1.807, 2.05) is 24.4 Å². The normalized spacial score (nSPS) is 12.4. The maximum absolute atomic E-state index is 11.3. The fourth-order valence-corrected chi connectivity index (χ4v) is 4.94. The molecule has 2 heterocycles. The lowest BCUT2D eigenvalue weighted by atomic mass is 9.99. The number of anilines is 1. The van der Waals surface area contributed by atoms with Gasteiger partial charge in [-0.3, -0.25) is 4.79 Å². The van der Waals surface area contributed by atoms with Gasteiger partial charge in [0.15, 0.2) is 11.0 Å². The molecule has 0 saturated carbocycles. The van der Waals surface area contributed by atoms with Crippen LogP contribution >= 0.6 is 45.5 Å². The minimum atomic E-state index is -0.122. The number of halogens is 2. The number of aromatic nitrogens is 3. The molecule has 1 aromatic carbocycles. The van der Waals surface area contributed by atoms with Gasteiger partial charge in [0.25, 0.3) is 0 Å². The summed E-state index contributed by atoms with van der Waals surface area (Å²) in [7, 11) is 0. The number of thiazole rings is 1. The monoisotopic (exact) mass is 482 g/mol. The minimum absolute atomic E-state index is 0.122. The molecule has 4 rings (SSSR count). The molecule has 126 valence electrons. The van der Waals surface area contributed by atoms with Crippen LogP contribution in [0.15, 0.2) is 24.4 Å². The number of nitrogens with one attached hydrogen (secondary N) is 1. The Balaban J connectivity index is 1.80. The Labute approximate surface area is 167 Å². The molecule has 0 radical (unpaired) electrons. The van der Waals surface area contributed by atoms with Gasteiger partial charge in [-0.25, -0.2) is 15.0 Å². The van der Waals surface area contributed by atoms with Gasteiger partial charge in [-0.2, -0.15) is 0 Å². The Morgan fingerprint density at radius 2 is 2.12 bits per heavy atom. The first-order valence-electron chi connectivity index (χ1n) is 7.59.